The molecule has 0 amide bonds. The molecule has 0 aliphatic heterocycles. The highest BCUT2D eigenvalue weighted by atomic mass is 16.5. The first kappa shape index (κ1) is 11.2. The lowest BCUT2D eigenvalue weighted by Gasteiger charge is -1.95. The number of carbonyl (C=O) groups is 1. The Hall–Kier alpha value is -1.83. The van der Waals surface area contributed by atoms with Gasteiger partial charge in [0.1, 0.15) is 0 Å². The molecule has 2 nitrogen and oxygen atoms in total. The molecule has 1 aromatic rings. The summed E-state index contributed by atoms with van der Waals surface area (Å²) in [4.78, 5) is 11.0. The number of rotatable bonds is 3. The van der Waals surface area contributed by atoms with Crippen LogP contribution in [0, 0.1) is 0 Å². The van der Waals surface area contributed by atoms with E-state index in [0.29, 0.717) is 5.57 Å². The zero-order chi connectivity index (χ0) is 11.1. The third kappa shape index (κ3) is 3.81. The fourth-order valence-corrected chi connectivity index (χ4v) is 1.10. The average Bonchev–Trinajstić information content (AvgIpc) is 2.29. The van der Waals surface area contributed by atoms with Crippen molar-refractivity contribution in [3.05, 3.63) is 53.6 Å². The van der Waals surface area contributed by atoms with E-state index in [1.807, 2.05) is 42.5 Å². The second kappa shape index (κ2) is 5.81. The molecule has 0 radical (unpaired) electrons. The van der Waals surface area contributed by atoms with Gasteiger partial charge in [0.05, 0.1) is 7.11 Å². The number of allylic oxidation sites excluding steroid dienone is 2. The van der Waals surface area contributed by atoms with Gasteiger partial charge in [-0.2, -0.15) is 0 Å². The number of hydrogen-bond acceptors (Lipinski definition) is 2. The van der Waals surface area contributed by atoms with Gasteiger partial charge in [-0.15, -0.1) is 0 Å². The van der Waals surface area contributed by atoms with Crippen molar-refractivity contribution >= 4 is 12.0 Å². The van der Waals surface area contributed by atoms with Crippen molar-refractivity contribution in [1.82, 2.24) is 0 Å². The SMILES string of the molecule is COC(=O)C(C)=CC=Cc1ccccc1. The zero-order valence-electron chi connectivity index (χ0n) is 8.94. The third-order valence-corrected chi connectivity index (χ3v) is 1.94. The van der Waals surface area contributed by atoms with Crippen LogP contribution in [0.2, 0.25) is 0 Å². The molecular formula is C13H14O2. The van der Waals surface area contributed by atoms with Crippen molar-refractivity contribution in [1.29, 1.82) is 0 Å². The zero-order valence-corrected chi connectivity index (χ0v) is 8.94. The van der Waals surface area contributed by atoms with Crippen LogP contribution in [0.5, 0.6) is 0 Å². The first-order valence-electron chi connectivity index (χ1n) is 4.72. The standard InChI is InChI=1S/C13H14O2/c1-11(13(14)15-2)7-6-10-12-8-4-3-5-9-12/h3-10H,1-2H3. The van der Waals surface area contributed by atoms with E-state index < -0.39 is 0 Å². The molecule has 0 heterocycles. The maximum atomic E-state index is 11.0. The van der Waals surface area contributed by atoms with Crippen molar-refractivity contribution in [2.45, 2.75) is 6.92 Å². The highest BCUT2D eigenvalue weighted by Crippen LogP contribution is 2.02. The van der Waals surface area contributed by atoms with Crippen LogP contribution in [0.15, 0.2) is 48.1 Å². The fraction of sp³-hybridized carbons (Fsp3) is 0.154. The quantitative estimate of drug-likeness (QED) is 0.428. The summed E-state index contributed by atoms with van der Waals surface area (Å²) in [5.41, 5.74) is 1.69. The van der Waals surface area contributed by atoms with Gasteiger partial charge < -0.3 is 4.74 Å². The molecule has 0 saturated carbocycles. The summed E-state index contributed by atoms with van der Waals surface area (Å²) in [7, 11) is 1.38. The Kier molecular flexibility index (Phi) is 4.35. The van der Waals surface area contributed by atoms with E-state index in [1.165, 1.54) is 7.11 Å². The number of hydrogen-bond donors (Lipinski definition) is 0. The number of esters is 1. The van der Waals surface area contributed by atoms with Crippen LogP contribution in [0.3, 0.4) is 0 Å². The van der Waals surface area contributed by atoms with Gasteiger partial charge in [-0.05, 0) is 12.5 Å². The van der Waals surface area contributed by atoms with E-state index in [2.05, 4.69) is 4.74 Å². The first-order chi connectivity index (χ1) is 7.24. The maximum absolute atomic E-state index is 11.0. The number of carbonyl (C=O) groups excluding carboxylic acids is 1. The van der Waals surface area contributed by atoms with Crippen molar-refractivity contribution < 1.29 is 9.53 Å². The molecule has 0 aromatic heterocycles. The minimum atomic E-state index is -0.298. The molecule has 0 N–H and O–H groups in total. The van der Waals surface area contributed by atoms with Crippen molar-refractivity contribution in [2.75, 3.05) is 7.11 Å². The van der Waals surface area contributed by atoms with Crippen LogP contribution in [0.4, 0.5) is 0 Å². The molecule has 0 unspecified atom stereocenters. The monoisotopic (exact) mass is 202 g/mol. The average molecular weight is 202 g/mol. The second-order valence-corrected chi connectivity index (χ2v) is 3.11. The molecule has 0 fully saturated rings. The van der Waals surface area contributed by atoms with Crippen molar-refractivity contribution in [3.63, 3.8) is 0 Å². The van der Waals surface area contributed by atoms with E-state index in [1.54, 1.807) is 13.0 Å². The lowest BCUT2D eigenvalue weighted by atomic mass is 10.2. The van der Waals surface area contributed by atoms with E-state index >= 15 is 0 Å². The number of ether oxygens (including phenoxy) is 1. The number of benzene rings is 1. The van der Waals surface area contributed by atoms with Gasteiger partial charge in [-0.3, -0.25) is 0 Å². The lowest BCUT2D eigenvalue weighted by molar-refractivity contribution is -0.136. The minimum absolute atomic E-state index is 0.298. The molecule has 0 saturated heterocycles. The van der Waals surface area contributed by atoms with Gasteiger partial charge in [0, 0.05) is 5.57 Å². The third-order valence-electron chi connectivity index (χ3n) is 1.94. The Morgan fingerprint density at radius 1 is 1.27 bits per heavy atom. The molecule has 0 aliphatic rings. The highest BCUT2D eigenvalue weighted by Gasteiger charge is 1.99. The summed E-state index contributed by atoms with van der Waals surface area (Å²) >= 11 is 0. The smallest absolute Gasteiger partial charge is 0.333 e. The van der Waals surface area contributed by atoms with Gasteiger partial charge in [0.2, 0.25) is 0 Å². The normalized spacial score (nSPS) is 11.7. The summed E-state index contributed by atoms with van der Waals surface area (Å²) in [6, 6.07) is 9.90. The molecule has 78 valence electrons. The summed E-state index contributed by atoms with van der Waals surface area (Å²) < 4.78 is 4.57. The molecule has 2 heteroatoms. The van der Waals surface area contributed by atoms with Crippen LogP contribution in [0.25, 0.3) is 6.08 Å². The molecular weight excluding hydrogens is 188 g/mol. The van der Waals surface area contributed by atoms with E-state index in [4.69, 9.17) is 0 Å². The summed E-state index contributed by atoms with van der Waals surface area (Å²) in [6.45, 7) is 1.72. The summed E-state index contributed by atoms with van der Waals surface area (Å²) in [6.07, 6.45) is 5.51. The van der Waals surface area contributed by atoms with Crippen molar-refractivity contribution in [3.8, 4) is 0 Å². The summed E-state index contributed by atoms with van der Waals surface area (Å²) in [5.74, 6) is -0.298. The van der Waals surface area contributed by atoms with Gasteiger partial charge in [-0.1, -0.05) is 48.6 Å². The first-order valence-corrected chi connectivity index (χ1v) is 4.72. The van der Waals surface area contributed by atoms with Gasteiger partial charge >= 0.3 is 5.97 Å². The Balaban J connectivity index is 2.64. The molecule has 0 bridgehead atoms. The summed E-state index contributed by atoms with van der Waals surface area (Å²) in [5, 5.41) is 0. The molecule has 1 rings (SSSR count). The van der Waals surface area contributed by atoms with Gasteiger partial charge in [0.25, 0.3) is 0 Å². The minimum Gasteiger partial charge on any atom is -0.466 e. The van der Waals surface area contributed by atoms with Gasteiger partial charge in [0.15, 0.2) is 0 Å². The highest BCUT2D eigenvalue weighted by molar-refractivity contribution is 5.88. The van der Waals surface area contributed by atoms with Crippen molar-refractivity contribution in [2.24, 2.45) is 0 Å². The van der Waals surface area contributed by atoms with Gasteiger partial charge in [-0.25, -0.2) is 4.79 Å². The van der Waals surface area contributed by atoms with E-state index in [9.17, 15) is 4.79 Å². The fourth-order valence-electron chi connectivity index (χ4n) is 1.10. The molecule has 1 aromatic carbocycles. The maximum Gasteiger partial charge on any atom is 0.333 e. The lowest BCUT2D eigenvalue weighted by Crippen LogP contribution is -2.00. The predicted molar refractivity (Wildman–Crippen MR) is 61.2 cm³/mol. The van der Waals surface area contributed by atoms with E-state index in [0.717, 1.165) is 5.56 Å². The van der Waals surface area contributed by atoms with Crippen LogP contribution in [-0.2, 0) is 9.53 Å². The molecule has 15 heavy (non-hydrogen) atoms. The van der Waals surface area contributed by atoms with Crippen LogP contribution >= 0.6 is 0 Å². The Morgan fingerprint density at radius 3 is 2.53 bits per heavy atom. The molecule has 0 aliphatic carbocycles. The Morgan fingerprint density at radius 2 is 1.93 bits per heavy atom. The van der Waals surface area contributed by atoms with Crippen LogP contribution in [0.1, 0.15) is 12.5 Å². The van der Waals surface area contributed by atoms with E-state index in [-0.39, 0.29) is 5.97 Å². The largest absolute Gasteiger partial charge is 0.466 e. The Labute approximate surface area is 89.9 Å². The Bertz CT molecular complexity index is 375. The predicted octanol–water partition coefficient (Wildman–Crippen LogP) is 2.82. The second-order valence-electron chi connectivity index (χ2n) is 3.11. The molecule has 0 spiro atoms. The topological polar surface area (TPSA) is 26.3 Å². The number of methoxy groups -OCH3 is 1. The van der Waals surface area contributed by atoms with Crippen LogP contribution in [-0.4, -0.2) is 13.1 Å². The molecule has 0 atom stereocenters. The van der Waals surface area contributed by atoms with Crippen LogP contribution < -0.4 is 0 Å².